The van der Waals surface area contributed by atoms with Crippen LogP contribution in [0, 0.1) is 0 Å². The van der Waals surface area contributed by atoms with Gasteiger partial charge in [0, 0.05) is 10.8 Å². The number of nitrogens with zero attached hydrogens (tertiary/aromatic N) is 1. The Hall–Kier alpha value is -0.640. The van der Waals surface area contributed by atoms with E-state index in [-0.39, 0.29) is 0 Å². The Morgan fingerprint density at radius 1 is 1.43 bits per heavy atom. The van der Waals surface area contributed by atoms with Gasteiger partial charge in [-0.05, 0) is 26.7 Å². The summed E-state index contributed by atoms with van der Waals surface area (Å²) in [4.78, 5) is 4.46. The van der Waals surface area contributed by atoms with Crippen LogP contribution in [0.4, 0.5) is 0 Å². The van der Waals surface area contributed by atoms with E-state index in [1.165, 1.54) is 18.4 Å². The molecule has 2 atom stereocenters. The fourth-order valence-electron chi connectivity index (χ4n) is 1.85. The Labute approximate surface area is 88.0 Å². The normalized spacial score (nSPS) is 35.4. The van der Waals surface area contributed by atoms with E-state index >= 15 is 0 Å². The van der Waals surface area contributed by atoms with Gasteiger partial charge in [0.1, 0.15) is 11.9 Å². The molecule has 0 aromatic carbocycles. The van der Waals surface area contributed by atoms with Gasteiger partial charge in [0.25, 0.3) is 5.23 Å². The smallest absolute Gasteiger partial charge is 0.253 e. The van der Waals surface area contributed by atoms with Crippen molar-refractivity contribution in [3.63, 3.8) is 0 Å². The van der Waals surface area contributed by atoms with Crippen molar-refractivity contribution in [2.75, 3.05) is 0 Å². The van der Waals surface area contributed by atoms with Gasteiger partial charge in [-0.15, -0.1) is 0 Å². The van der Waals surface area contributed by atoms with Gasteiger partial charge in [-0.1, -0.05) is 11.8 Å². The first kappa shape index (κ1) is 8.65. The van der Waals surface area contributed by atoms with E-state index in [1.807, 2.05) is 0 Å². The van der Waals surface area contributed by atoms with E-state index in [0.29, 0.717) is 17.4 Å². The van der Waals surface area contributed by atoms with Crippen molar-refractivity contribution in [1.82, 2.24) is 5.32 Å². The molecule has 14 heavy (non-hydrogen) atoms. The van der Waals surface area contributed by atoms with Crippen LogP contribution < -0.4 is 5.32 Å². The molecule has 0 aromatic heterocycles. The van der Waals surface area contributed by atoms with Gasteiger partial charge in [0.2, 0.25) is 0 Å². The third-order valence-corrected chi connectivity index (χ3v) is 3.80. The van der Waals surface area contributed by atoms with Gasteiger partial charge >= 0.3 is 0 Å². The molecule has 4 heteroatoms. The topological polar surface area (TPSA) is 33.6 Å². The molecule has 0 saturated heterocycles. The molecule has 3 aliphatic rings. The lowest BCUT2D eigenvalue weighted by molar-refractivity contribution is 0.297. The molecule has 0 bridgehead atoms. The molecule has 76 valence electrons. The molecule has 0 aromatic rings. The van der Waals surface area contributed by atoms with Crippen LogP contribution in [0.5, 0.6) is 0 Å². The summed E-state index contributed by atoms with van der Waals surface area (Å²) in [5.74, 6) is 1.06. The zero-order valence-corrected chi connectivity index (χ0v) is 9.23. The minimum atomic E-state index is 0.452. The predicted molar refractivity (Wildman–Crippen MR) is 58.2 cm³/mol. The summed E-state index contributed by atoms with van der Waals surface area (Å²) in [5, 5.41) is 4.68. The molecule has 0 radical (unpaired) electrons. The fraction of sp³-hybridized carbons (Fsp3) is 0.700. The second kappa shape index (κ2) is 2.92. The summed E-state index contributed by atoms with van der Waals surface area (Å²) < 4.78 is 5.70. The lowest BCUT2D eigenvalue weighted by atomic mass is 9.99. The lowest BCUT2D eigenvalue weighted by Gasteiger charge is -2.37. The van der Waals surface area contributed by atoms with E-state index in [9.17, 15) is 0 Å². The maximum Gasteiger partial charge on any atom is 0.253 e. The fourth-order valence-corrected chi connectivity index (χ4v) is 2.93. The van der Waals surface area contributed by atoms with Crippen molar-refractivity contribution in [2.45, 2.75) is 44.1 Å². The molecule has 1 N–H and O–H groups in total. The van der Waals surface area contributed by atoms with E-state index in [2.05, 4.69) is 24.2 Å². The van der Waals surface area contributed by atoms with E-state index in [0.717, 1.165) is 11.1 Å². The van der Waals surface area contributed by atoms with Crippen molar-refractivity contribution >= 4 is 17.0 Å². The lowest BCUT2D eigenvalue weighted by Crippen LogP contribution is -2.44. The summed E-state index contributed by atoms with van der Waals surface area (Å²) in [6.07, 6.45) is 2.85. The molecule has 1 unspecified atom stereocenters. The molecule has 3 rings (SSSR count). The number of rotatable bonds is 1. The molecular formula is C10H14N2OS. The second-order valence-corrected chi connectivity index (χ2v) is 5.42. The number of nitrogens with one attached hydrogen (secondary N) is 1. The number of hydrogen-bond donors (Lipinski definition) is 1. The van der Waals surface area contributed by atoms with Gasteiger partial charge in [0.15, 0.2) is 0 Å². The van der Waals surface area contributed by atoms with Crippen molar-refractivity contribution < 1.29 is 4.74 Å². The molecule has 2 aliphatic heterocycles. The SMILES string of the molecule is CC1NC2=C1[C@@H](C)SC(OC1CC1)=N2. The van der Waals surface area contributed by atoms with Crippen LogP contribution in [0.3, 0.4) is 0 Å². The van der Waals surface area contributed by atoms with Crippen molar-refractivity contribution in [1.29, 1.82) is 0 Å². The maximum atomic E-state index is 5.70. The average molecular weight is 210 g/mol. The van der Waals surface area contributed by atoms with Crippen LogP contribution >= 0.6 is 11.8 Å². The third kappa shape index (κ3) is 1.32. The molecule has 1 aliphatic carbocycles. The summed E-state index contributed by atoms with van der Waals surface area (Å²) in [6.45, 7) is 4.40. The monoisotopic (exact) mass is 210 g/mol. The predicted octanol–water partition coefficient (Wildman–Crippen LogP) is 1.86. The number of thioether (sulfide) groups is 1. The second-order valence-electron chi connectivity index (χ2n) is 4.12. The molecule has 3 nitrogen and oxygen atoms in total. The van der Waals surface area contributed by atoms with Gasteiger partial charge in [-0.25, -0.2) is 0 Å². The van der Waals surface area contributed by atoms with Crippen LogP contribution in [0.1, 0.15) is 26.7 Å². The van der Waals surface area contributed by atoms with Gasteiger partial charge < -0.3 is 10.1 Å². The van der Waals surface area contributed by atoms with Crippen LogP contribution in [0.15, 0.2) is 16.4 Å². The Balaban J connectivity index is 1.79. The number of aliphatic imine (C=N–C) groups is 1. The number of hydrogen-bond acceptors (Lipinski definition) is 4. The Kier molecular flexibility index (Phi) is 1.81. The zero-order chi connectivity index (χ0) is 9.71. The first-order valence-electron chi connectivity index (χ1n) is 5.16. The van der Waals surface area contributed by atoms with E-state index in [1.54, 1.807) is 11.8 Å². The van der Waals surface area contributed by atoms with Crippen LogP contribution in [0.2, 0.25) is 0 Å². The van der Waals surface area contributed by atoms with Gasteiger partial charge in [-0.2, -0.15) is 4.99 Å². The third-order valence-electron chi connectivity index (χ3n) is 2.80. The van der Waals surface area contributed by atoms with E-state index in [4.69, 9.17) is 4.74 Å². The standard InChI is InChI=1S/C10H14N2OS/c1-5-8-6(2)14-10(12-9(8)11-5)13-7-3-4-7/h5-7,11H,3-4H2,1-2H3/t5?,6-/m1/s1. The van der Waals surface area contributed by atoms with Gasteiger partial charge in [0.05, 0.1) is 6.04 Å². The highest BCUT2D eigenvalue weighted by molar-refractivity contribution is 8.14. The first-order valence-corrected chi connectivity index (χ1v) is 6.04. The van der Waals surface area contributed by atoms with Crippen LogP contribution in [-0.4, -0.2) is 22.6 Å². The highest BCUT2D eigenvalue weighted by Crippen LogP contribution is 2.38. The summed E-state index contributed by atoms with van der Waals surface area (Å²) >= 11 is 1.75. The zero-order valence-electron chi connectivity index (χ0n) is 8.41. The molecule has 0 spiro atoms. The molecular weight excluding hydrogens is 196 g/mol. The number of ether oxygens (including phenoxy) is 1. The Bertz CT molecular complexity index is 333. The quantitative estimate of drug-likeness (QED) is 0.717. The maximum absolute atomic E-state index is 5.70. The largest absolute Gasteiger partial charge is 0.469 e. The summed E-state index contributed by atoms with van der Waals surface area (Å²) in [5.41, 5.74) is 1.44. The molecule has 0 amide bonds. The van der Waals surface area contributed by atoms with Crippen molar-refractivity contribution in [3.8, 4) is 0 Å². The Morgan fingerprint density at radius 3 is 2.79 bits per heavy atom. The summed E-state index contributed by atoms with van der Waals surface area (Å²) in [6, 6.07) is 0.499. The van der Waals surface area contributed by atoms with Gasteiger partial charge in [-0.3, -0.25) is 0 Å². The van der Waals surface area contributed by atoms with E-state index < -0.39 is 0 Å². The Morgan fingerprint density at radius 2 is 2.21 bits per heavy atom. The van der Waals surface area contributed by atoms with Crippen molar-refractivity contribution in [3.05, 3.63) is 11.4 Å². The van der Waals surface area contributed by atoms with Crippen LogP contribution in [-0.2, 0) is 4.74 Å². The molecule has 1 saturated carbocycles. The highest BCUT2D eigenvalue weighted by atomic mass is 32.2. The minimum Gasteiger partial charge on any atom is -0.469 e. The van der Waals surface area contributed by atoms with Crippen LogP contribution in [0.25, 0.3) is 0 Å². The minimum absolute atomic E-state index is 0.452. The average Bonchev–Trinajstić information content (AvgIpc) is 2.85. The highest BCUT2D eigenvalue weighted by Gasteiger charge is 2.36. The molecule has 1 fully saturated rings. The summed E-state index contributed by atoms with van der Waals surface area (Å²) in [7, 11) is 0. The van der Waals surface area contributed by atoms with Crippen molar-refractivity contribution in [2.24, 2.45) is 4.99 Å². The first-order chi connectivity index (χ1) is 6.74. The molecule has 2 heterocycles.